The number of ether oxygens (including phenoxy) is 1. The van der Waals surface area contributed by atoms with Gasteiger partial charge < -0.3 is 39.0 Å². The van der Waals surface area contributed by atoms with Gasteiger partial charge in [0.05, 0.1) is 22.8 Å². The largest absolute Gasteiger partial charge is 0.444 e. The summed E-state index contributed by atoms with van der Waals surface area (Å²) in [6, 6.07) is 4.53. The molecule has 4 rings (SSSR count). The highest BCUT2D eigenvalue weighted by molar-refractivity contribution is 6.07. The minimum Gasteiger partial charge on any atom is -0.444 e. The molecule has 0 aliphatic heterocycles. The molecule has 0 radical (unpaired) electrons. The summed E-state index contributed by atoms with van der Waals surface area (Å²) < 4.78 is 11.3. The topological polar surface area (TPSA) is 175 Å². The first-order valence-corrected chi connectivity index (χ1v) is 13.0. The van der Waals surface area contributed by atoms with E-state index in [2.05, 4.69) is 26.3 Å². The predicted molar refractivity (Wildman–Crippen MR) is 159 cm³/mol. The zero-order chi connectivity index (χ0) is 31.6. The molecule has 4 amide bonds. The van der Waals surface area contributed by atoms with Crippen LogP contribution >= 0.6 is 0 Å². The Bertz CT molecular complexity index is 1730. The Balaban J connectivity index is 1.40. The quantitative estimate of drug-likeness (QED) is 0.227. The maximum Gasteiger partial charge on any atom is 0.412 e. The molecule has 0 saturated heterocycles. The standard InChI is InChI=1S/C28H33N9O6/c1-28(2,3)43-27(42)31-18-10-21(36(6)13-18)25(40)33-22-14-37(7)23(32-22)26(41)30-17-9-20(35(5)12-17)24(39)29-16-8-19(15-38)34(4)11-16/h8-15H,1-7H3,(H,29,39)(H,30,41)(H,31,42)(H,33,40). The second-order valence-electron chi connectivity index (χ2n) is 10.9. The normalized spacial score (nSPS) is 11.1. The van der Waals surface area contributed by atoms with Gasteiger partial charge in [-0.05, 0) is 39.0 Å². The summed E-state index contributed by atoms with van der Waals surface area (Å²) in [5.41, 5.74) is 1.40. The van der Waals surface area contributed by atoms with E-state index in [0.29, 0.717) is 29.0 Å². The van der Waals surface area contributed by atoms with Gasteiger partial charge in [-0.15, -0.1) is 0 Å². The molecule has 0 aliphatic rings. The van der Waals surface area contributed by atoms with Gasteiger partial charge in [0.15, 0.2) is 12.1 Å². The van der Waals surface area contributed by atoms with Crippen LogP contribution in [0.5, 0.6) is 0 Å². The van der Waals surface area contributed by atoms with Crippen molar-refractivity contribution in [1.29, 1.82) is 0 Å². The van der Waals surface area contributed by atoms with Crippen LogP contribution in [0.25, 0.3) is 0 Å². The molecule has 226 valence electrons. The van der Waals surface area contributed by atoms with Crippen molar-refractivity contribution in [2.75, 3.05) is 21.3 Å². The average molecular weight is 592 g/mol. The lowest BCUT2D eigenvalue weighted by Crippen LogP contribution is -2.27. The minimum atomic E-state index is -0.676. The van der Waals surface area contributed by atoms with Gasteiger partial charge in [-0.2, -0.15) is 0 Å². The Morgan fingerprint density at radius 1 is 0.698 bits per heavy atom. The van der Waals surface area contributed by atoms with Gasteiger partial charge >= 0.3 is 6.09 Å². The van der Waals surface area contributed by atoms with Crippen molar-refractivity contribution in [3.05, 3.63) is 65.9 Å². The summed E-state index contributed by atoms with van der Waals surface area (Å²) in [6.45, 7) is 5.23. The molecule has 0 aliphatic carbocycles. The third kappa shape index (κ3) is 7.19. The van der Waals surface area contributed by atoms with E-state index >= 15 is 0 Å². The zero-order valence-electron chi connectivity index (χ0n) is 24.8. The summed E-state index contributed by atoms with van der Waals surface area (Å²) in [6.07, 6.45) is 6.26. The molecule has 0 fully saturated rings. The van der Waals surface area contributed by atoms with Crippen LogP contribution in [0.3, 0.4) is 0 Å². The summed E-state index contributed by atoms with van der Waals surface area (Å²) in [7, 11) is 6.58. The number of amides is 4. The summed E-state index contributed by atoms with van der Waals surface area (Å²) in [4.78, 5) is 66.1. The average Bonchev–Trinajstić information content (AvgIpc) is 3.63. The van der Waals surface area contributed by atoms with E-state index in [-0.39, 0.29) is 23.0 Å². The van der Waals surface area contributed by atoms with Gasteiger partial charge in [0, 0.05) is 53.0 Å². The molecule has 0 bridgehead atoms. The fraction of sp³-hybridized carbons (Fsp3) is 0.286. The highest BCUT2D eigenvalue weighted by Crippen LogP contribution is 2.20. The van der Waals surface area contributed by atoms with Gasteiger partial charge in [0.2, 0.25) is 5.82 Å². The highest BCUT2D eigenvalue weighted by atomic mass is 16.6. The van der Waals surface area contributed by atoms with Crippen LogP contribution < -0.4 is 21.3 Å². The highest BCUT2D eigenvalue weighted by Gasteiger charge is 2.21. The van der Waals surface area contributed by atoms with E-state index in [1.54, 1.807) is 82.8 Å². The van der Waals surface area contributed by atoms with Crippen molar-refractivity contribution < 1.29 is 28.7 Å². The van der Waals surface area contributed by atoms with Crippen LogP contribution in [0.1, 0.15) is 62.9 Å². The number of carbonyl (C=O) groups excluding carboxylic acids is 5. The van der Waals surface area contributed by atoms with Crippen molar-refractivity contribution in [2.45, 2.75) is 26.4 Å². The SMILES string of the molecule is Cn1cc(NC(=O)c2cc(NC(=O)c3nc(NC(=O)c4cc(NC(=O)OC(C)(C)C)cn4C)cn3C)cn2C)cc1C=O. The lowest BCUT2D eigenvalue weighted by Gasteiger charge is -2.19. The Kier molecular flexibility index (Phi) is 8.27. The summed E-state index contributed by atoms with van der Waals surface area (Å²) in [5.74, 6) is -1.37. The second-order valence-corrected chi connectivity index (χ2v) is 10.9. The molecule has 43 heavy (non-hydrogen) atoms. The van der Waals surface area contributed by atoms with Crippen molar-refractivity contribution in [3.8, 4) is 0 Å². The lowest BCUT2D eigenvalue weighted by atomic mass is 10.2. The number of hydrogen-bond donors (Lipinski definition) is 4. The molecule has 4 heterocycles. The van der Waals surface area contributed by atoms with Crippen molar-refractivity contribution >= 4 is 53.0 Å². The summed E-state index contributed by atoms with van der Waals surface area (Å²) in [5, 5.41) is 10.7. The van der Waals surface area contributed by atoms with Crippen LogP contribution in [0.2, 0.25) is 0 Å². The van der Waals surface area contributed by atoms with E-state index < -0.39 is 29.4 Å². The van der Waals surface area contributed by atoms with Crippen molar-refractivity contribution in [2.24, 2.45) is 28.2 Å². The van der Waals surface area contributed by atoms with Crippen LogP contribution in [0.15, 0.2) is 43.0 Å². The Hall–Kier alpha value is -5.60. The number of aryl methyl sites for hydroxylation is 4. The molecular formula is C28H33N9O6. The van der Waals surface area contributed by atoms with Crippen LogP contribution in [0, 0.1) is 0 Å². The molecule has 4 aromatic rings. The number of hydrogen-bond acceptors (Lipinski definition) is 7. The number of anilines is 4. The summed E-state index contributed by atoms with van der Waals surface area (Å²) >= 11 is 0. The van der Waals surface area contributed by atoms with Gasteiger partial charge in [-0.1, -0.05) is 0 Å². The molecule has 0 spiro atoms. The van der Waals surface area contributed by atoms with Gasteiger partial charge in [-0.25, -0.2) is 9.78 Å². The Morgan fingerprint density at radius 2 is 1.21 bits per heavy atom. The maximum absolute atomic E-state index is 13.0. The first kappa shape index (κ1) is 30.4. The van der Waals surface area contributed by atoms with Crippen LogP contribution in [-0.4, -0.2) is 59.0 Å². The number of nitrogens with one attached hydrogen (secondary N) is 4. The third-order valence-corrected chi connectivity index (χ3v) is 6.12. The van der Waals surface area contributed by atoms with Gasteiger partial charge in [0.25, 0.3) is 17.7 Å². The molecular weight excluding hydrogens is 558 g/mol. The molecule has 15 heteroatoms. The van der Waals surface area contributed by atoms with Crippen LogP contribution in [-0.2, 0) is 32.9 Å². The molecule has 0 saturated carbocycles. The molecule has 0 atom stereocenters. The number of imidazole rings is 1. The van der Waals surface area contributed by atoms with E-state index in [4.69, 9.17) is 4.74 Å². The molecule has 4 aromatic heterocycles. The molecule has 0 aromatic carbocycles. The first-order valence-electron chi connectivity index (χ1n) is 13.0. The number of rotatable bonds is 8. The predicted octanol–water partition coefficient (Wildman–Crippen LogP) is 3.35. The van der Waals surface area contributed by atoms with E-state index in [0.717, 1.165) is 0 Å². The fourth-order valence-corrected chi connectivity index (χ4v) is 4.21. The number of aldehydes is 1. The van der Waals surface area contributed by atoms with Crippen molar-refractivity contribution in [1.82, 2.24) is 23.3 Å². The first-order chi connectivity index (χ1) is 20.1. The van der Waals surface area contributed by atoms with E-state index in [1.807, 2.05) is 0 Å². The zero-order valence-corrected chi connectivity index (χ0v) is 24.8. The van der Waals surface area contributed by atoms with Crippen molar-refractivity contribution in [3.63, 3.8) is 0 Å². The fourth-order valence-electron chi connectivity index (χ4n) is 4.21. The Morgan fingerprint density at radius 3 is 1.77 bits per heavy atom. The van der Waals surface area contributed by atoms with E-state index in [9.17, 15) is 24.0 Å². The number of nitrogens with zero attached hydrogens (tertiary/aromatic N) is 5. The van der Waals surface area contributed by atoms with E-state index in [1.165, 1.54) is 27.5 Å². The smallest absolute Gasteiger partial charge is 0.412 e. The maximum atomic E-state index is 13.0. The van der Waals surface area contributed by atoms with Gasteiger partial charge in [0.1, 0.15) is 17.0 Å². The lowest BCUT2D eigenvalue weighted by molar-refractivity contribution is 0.0635. The monoisotopic (exact) mass is 591 g/mol. The third-order valence-electron chi connectivity index (χ3n) is 6.12. The minimum absolute atomic E-state index is 0.00925. The molecule has 4 N–H and O–H groups in total. The number of carbonyl (C=O) groups is 5. The van der Waals surface area contributed by atoms with Crippen LogP contribution in [0.4, 0.5) is 27.7 Å². The molecule has 15 nitrogen and oxygen atoms in total. The number of aromatic nitrogens is 5. The van der Waals surface area contributed by atoms with Gasteiger partial charge in [-0.3, -0.25) is 24.5 Å². The molecule has 0 unspecified atom stereocenters. The second kappa shape index (κ2) is 11.7. The Labute approximate surface area is 246 Å².